The molecule has 16 heavy (non-hydrogen) atoms. The zero-order chi connectivity index (χ0) is 11.5. The van der Waals surface area contributed by atoms with E-state index in [1.165, 1.54) is 0 Å². The summed E-state index contributed by atoms with van der Waals surface area (Å²) in [5.74, 6) is 0.902. The molecule has 2 aromatic heterocycles. The van der Waals surface area contributed by atoms with Crippen LogP contribution in [0, 0.1) is 0 Å². The van der Waals surface area contributed by atoms with Crippen molar-refractivity contribution in [2.45, 2.75) is 19.8 Å². The van der Waals surface area contributed by atoms with Crippen molar-refractivity contribution < 1.29 is 9.32 Å². The van der Waals surface area contributed by atoms with Gasteiger partial charge < -0.3 is 4.52 Å². The lowest BCUT2D eigenvalue weighted by Gasteiger charge is -1.88. The van der Waals surface area contributed by atoms with Gasteiger partial charge in [0.15, 0.2) is 0 Å². The summed E-state index contributed by atoms with van der Waals surface area (Å²) < 4.78 is 6.64. The lowest BCUT2D eigenvalue weighted by atomic mass is 10.2. The summed E-state index contributed by atoms with van der Waals surface area (Å²) in [6, 6.07) is 0. The van der Waals surface area contributed by atoms with E-state index in [0.29, 0.717) is 18.1 Å². The second-order valence-electron chi connectivity index (χ2n) is 3.48. The molecule has 0 saturated carbocycles. The number of hydrogen-bond acceptors (Lipinski definition) is 5. The van der Waals surface area contributed by atoms with Crippen LogP contribution in [0.25, 0.3) is 11.4 Å². The molecule has 2 aromatic rings. The molecule has 0 aliphatic rings. The monoisotopic (exact) mass is 220 g/mol. The van der Waals surface area contributed by atoms with Crippen LogP contribution in [-0.4, -0.2) is 25.7 Å². The van der Waals surface area contributed by atoms with Crippen molar-refractivity contribution in [3.8, 4) is 11.4 Å². The normalized spacial score (nSPS) is 10.6. The summed E-state index contributed by atoms with van der Waals surface area (Å²) in [4.78, 5) is 15.3. The lowest BCUT2D eigenvalue weighted by molar-refractivity contribution is -0.118. The predicted octanol–water partition coefficient (Wildman–Crippen LogP) is 0.992. The first-order chi connectivity index (χ1) is 7.69. The van der Waals surface area contributed by atoms with Crippen molar-refractivity contribution in [1.29, 1.82) is 0 Å². The van der Waals surface area contributed by atoms with Crippen LogP contribution < -0.4 is 0 Å². The Labute approximate surface area is 92.3 Å². The van der Waals surface area contributed by atoms with Gasteiger partial charge in [0, 0.05) is 19.7 Å². The van der Waals surface area contributed by atoms with Crippen LogP contribution in [0.1, 0.15) is 19.2 Å². The minimum absolute atomic E-state index is 0.0846. The van der Waals surface area contributed by atoms with Crippen molar-refractivity contribution >= 4 is 5.78 Å². The van der Waals surface area contributed by atoms with Crippen LogP contribution in [0.5, 0.6) is 0 Å². The van der Waals surface area contributed by atoms with Gasteiger partial charge in [0.05, 0.1) is 18.2 Å². The Kier molecular flexibility index (Phi) is 2.80. The highest BCUT2D eigenvalue weighted by Gasteiger charge is 2.12. The fourth-order valence-electron chi connectivity index (χ4n) is 1.27. The Morgan fingerprint density at radius 1 is 1.56 bits per heavy atom. The molecule has 0 fully saturated rings. The average molecular weight is 220 g/mol. The van der Waals surface area contributed by atoms with Crippen molar-refractivity contribution in [2.24, 2.45) is 7.05 Å². The maximum Gasteiger partial charge on any atom is 0.234 e. The Balaban J connectivity index is 2.16. The zero-order valence-corrected chi connectivity index (χ0v) is 9.17. The minimum atomic E-state index is 0.0846. The van der Waals surface area contributed by atoms with E-state index in [4.69, 9.17) is 4.52 Å². The van der Waals surface area contributed by atoms with Crippen LogP contribution in [0.4, 0.5) is 0 Å². The molecule has 6 heteroatoms. The molecule has 6 nitrogen and oxygen atoms in total. The van der Waals surface area contributed by atoms with Crippen LogP contribution in [-0.2, 0) is 18.3 Å². The van der Waals surface area contributed by atoms with Gasteiger partial charge in [0.25, 0.3) is 0 Å². The molecule has 2 heterocycles. The first kappa shape index (κ1) is 10.5. The predicted molar refractivity (Wildman–Crippen MR) is 55.5 cm³/mol. The highest BCUT2D eigenvalue weighted by atomic mass is 16.5. The van der Waals surface area contributed by atoms with E-state index in [0.717, 1.165) is 5.56 Å². The number of carbonyl (C=O) groups excluding carboxylic acids is 1. The molecule has 0 aliphatic heterocycles. The molecule has 0 unspecified atom stereocenters. The SMILES string of the molecule is CCC(=O)Cc1nc(-c2cnn(C)c2)no1. The summed E-state index contributed by atoms with van der Waals surface area (Å²) in [6.07, 6.45) is 4.11. The highest BCUT2D eigenvalue weighted by Crippen LogP contribution is 2.14. The summed E-state index contributed by atoms with van der Waals surface area (Å²) in [5, 5.41) is 7.80. The van der Waals surface area contributed by atoms with Gasteiger partial charge in [-0.05, 0) is 0 Å². The molecule has 0 saturated heterocycles. The quantitative estimate of drug-likeness (QED) is 0.768. The third kappa shape index (κ3) is 2.16. The van der Waals surface area contributed by atoms with Crippen LogP contribution in [0.15, 0.2) is 16.9 Å². The van der Waals surface area contributed by atoms with Gasteiger partial charge in [-0.1, -0.05) is 12.1 Å². The molecular formula is C10H12N4O2. The Hall–Kier alpha value is -1.98. The smallest absolute Gasteiger partial charge is 0.234 e. The zero-order valence-electron chi connectivity index (χ0n) is 9.17. The van der Waals surface area contributed by atoms with Gasteiger partial charge in [-0.2, -0.15) is 10.1 Å². The number of ketones is 1. The summed E-state index contributed by atoms with van der Waals surface area (Å²) >= 11 is 0. The van der Waals surface area contributed by atoms with E-state index in [2.05, 4.69) is 15.2 Å². The maximum absolute atomic E-state index is 11.2. The van der Waals surface area contributed by atoms with Crippen molar-refractivity contribution in [1.82, 2.24) is 19.9 Å². The molecule has 0 atom stereocenters. The molecule has 84 valence electrons. The summed E-state index contributed by atoms with van der Waals surface area (Å²) in [7, 11) is 1.81. The van der Waals surface area contributed by atoms with Crippen molar-refractivity contribution in [3.63, 3.8) is 0 Å². The van der Waals surface area contributed by atoms with Crippen LogP contribution in [0.2, 0.25) is 0 Å². The van der Waals surface area contributed by atoms with Gasteiger partial charge in [0.2, 0.25) is 11.7 Å². The minimum Gasteiger partial charge on any atom is -0.338 e. The summed E-state index contributed by atoms with van der Waals surface area (Å²) in [5.41, 5.74) is 0.779. The Morgan fingerprint density at radius 3 is 3.00 bits per heavy atom. The number of carbonyl (C=O) groups is 1. The molecule has 0 N–H and O–H groups in total. The molecule has 0 aliphatic carbocycles. The van der Waals surface area contributed by atoms with E-state index in [1.807, 2.05) is 7.05 Å². The number of aryl methyl sites for hydroxylation is 1. The second-order valence-corrected chi connectivity index (χ2v) is 3.48. The lowest BCUT2D eigenvalue weighted by Crippen LogP contribution is -2.00. The standard InChI is InChI=1S/C10H12N4O2/c1-3-8(15)4-9-12-10(13-16-9)7-5-11-14(2)6-7/h5-6H,3-4H2,1-2H3. The first-order valence-electron chi connectivity index (χ1n) is 5.02. The van der Waals surface area contributed by atoms with E-state index >= 15 is 0 Å². The molecule has 0 bridgehead atoms. The first-order valence-corrected chi connectivity index (χ1v) is 5.02. The third-order valence-corrected chi connectivity index (χ3v) is 2.17. The van der Waals surface area contributed by atoms with Crippen LogP contribution >= 0.6 is 0 Å². The molecular weight excluding hydrogens is 208 g/mol. The van der Waals surface area contributed by atoms with Crippen molar-refractivity contribution in [2.75, 3.05) is 0 Å². The van der Waals surface area contributed by atoms with E-state index in [-0.39, 0.29) is 12.2 Å². The topological polar surface area (TPSA) is 73.8 Å². The summed E-state index contributed by atoms with van der Waals surface area (Å²) in [6.45, 7) is 1.81. The molecule has 0 amide bonds. The fourth-order valence-corrected chi connectivity index (χ4v) is 1.27. The maximum atomic E-state index is 11.2. The largest absolute Gasteiger partial charge is 0.338 e. The van der Waals surface area contributed by atoms with Gasteiger partial charge >= 0.3 is 0 Å². The van der Waals surface area contributed by atoms with Gasteiger partial charge in [-0.3, -0.25) is 9.48 Å². The highest BCUT2D eigenvalue weighted by molar-refractivity contribution is 5.79. The van der Waals surface area contributed by atoms with Crippen LogP contribution in [0.3, 0.4) is 0 Å². The van der Waals surface area contributed by atoms with E-state index in [9.17, 15) is 4.79 Å². The van der Waals surface area contributed by atoms with Gasteiger partial charge in [0.1, 0.15) is 5.78 Å². The Bertz CT molecular complexity index is 500. The van der Waals surface area contributed by atoms with E-state index < -0.39 is 0 Å². The third-order valence-electron chi connectivity index (χ3n) is 2.17. The Morgan fingerprint density at radius 2 is 2.38 bits per heavy atom. The van der Waals surface area contributed by atoms with E-state index in [1.54, 1.807) is 24.0 Å². The van der Waals surface area contributed by atoms with Crippen molar-refractivity contribution in [3.05, 3.63) is 18.3 Å². The molecule has 0 aromatic carbocycles. The van der Waals surface area contributed by atoms with Gasteiger partial charge in [-0.25, -0.2) is 0 Å². The van der Waals surface area contributed by atoms with Gasteiger partial charge in [-0.15, -0.1) is 0 Å². The number of aromatic nitrogens is 4. The molecule has 0 radical (unpaired) electrons. The molecule has 0 spiro atoms. The number of hydrogen-bond donors (Lipinski definition) is 0. The number of nitrogens with zero attached hydrogens (tertiary/aromatic N) is 4. The second kappa shape index (κ2) is 4.26. The fraction of sp³-hybridized carbons (Fsp3) is 0.400. The number of Topliss-reactive ketones (excluding diaryl/α,β-unsaturated/α-hetero) is 1. The number of rotatable bonds is 4. The average Bonchev–Trinajstić information content (AvgIpc) is 2.87. The molecule has 2 rings (SSSR count).